The number of methoxy groups -OCH3 is 1. The van der Waals surface area contributed by atoms with Crippen molar-refractivity contribution in [1.82, 2.24) is 0 Å². The molecular formula is C17H22BF3O3. The van der Waals surface area contributed by atoms with E-state index in [9.17, 15) is 13.2 Å². The summed E-state index contributed by atoms with van der Waals surface area (Å²) >= 11 is 0. The second-order valence-electron chi connectivity index (χ2n) is 7.54. The highest BCUT2D eigenvalue weighted by molar-refractivity contribution is 6.62. The summed E-state index contributed by atoms with van der Waals surface area (Å²) in [7, 11) is 0.382. The van der Waals surface area contributed by atoms with E-state index in [0.29, 0.717) is 5.75 Å². The van der Waals surface area contributed by atoms with Gasteiger partial charge in [-0.1, -0.05) is 0 Å². The van der Waals surface area contributed by atoms with Crippen LogP contribution < -0.4 is 10.2 Å². The van der Waals surface area contributed by atoms with Gasteiger partial charge in [0.25, 0.3) is 0 Å². The molecule has 0 N–H and O–H groups in total. The number of benzene rings is 1. The lowest BCUT2D eigenvalue weighted by atomic mass is 9.73. The Bertz CT molecular complexity index is 635. The molecule has 2 aliphatic rings. The van der Waals surface area contributed by atoms with Crippen molar-refractivity contribution < 1.29 is 27.2 Å². The van der Waals surface area contributed by atoms with Crippen LogP contribution >= 0.6 is 0 Å². The molecule has 0 unspecified atom stereocenters. The summed E-state index contributed by atoms with van der Waals surface area (Å²) in [5.41, 5.74) is -1.76. The molecule has 24 heavy (non-hydrogen) atoms. The summed E-state index contributed by atoms with van der Waals surface area (Å²) in [5.74, 6) is 0.326. The van der Waals surface area contributed by atoms with Crippen LogP contribution in [0.3, 0.4) is 0 Å². The summed E-state index contributed by atoms with van der Waals surface area (Å²) in [6, 6.07) is 2.88. The topological polar surface area (TPSA) is 27.7 Å². The van der Waals surface area contributed by atoms with Crippen molar-refractivity contribution in [3.8, 4) is 5.75 Å². The normalized spacial score (nSPS) is 22.8. The van der Waals surface area contributed by atoms with Gasteiger partial charge in [-0.3, -0.25) is 0 Å². The molecule has 3 rings (SSSR count). The number of alkyl halides is 3. The van der Waals surface area contributed by atoms with Gasteiger partial charge in [-0.05, 0) is 69.6 Å². The summed E-state index contributed by atoms with van der Waals surface area (Å²) in [6.07, 6.45) is -2.94. The van der Waals surface area contributed by atoms with Crippen molar-refractivity contribution >= 4 is 12.6 Å². The molecule has 7 heteroatoms. The largest absolute Gasteiger partial charge is 0.497 e. The second kappa shape index (κ2) is 5.40. The maximum absolute atomic E-state index is 13.8. The average molecular weight is 342 g/mol. The molecule has 1 saturated carbocycles. The molecule has 1 aliphatic carbocycles. The molecule has 1 aliphatic heterocycles. The lowest BCUT2D eigenvalue weighted by Gasteiger charge is -2.32. The van der Waals surface area contributed by atoms with Crippen molar-refractivity contribution in [2.24, 2.45) is 0 Å². The first-order chi connectivity index (χ1) is 11.0. The highest BCUT2D eigenvalue weighted by atomic mass is 19.4. The van der Waals surface area contributed by atoms with Crippen LogP contribution in [0.2, 0.25) is 0 Å². The maximum Gasteiger partial charge on any atom is 0.495 e. The van der Waals surface area contributed by atoms with E-state index in [1.807, 2.05) is 27.7 Å². The third-order valence-corrected chi connectivity index (χ3v) is 5.22. The molecule has 0 amide bonds. The molecule has 1 aromatic rings. The average Bonchev–Trinajstić information content (AvgIpc) is 3.24. The minimum atomic E-state index is -4.47. The molecule has 0 radical (unpaired) electrons. The van der Waals surface area contributed by atoms with E-state index in [-0.39, 0.29) is 16.9 Å². The van der Waals surface area contributed by atoms with Crippen LogP contribution in [0.25, 0.3) is 0 Å². The molecule has 1 aromatic carbocycles. The van der Waals surface area contributed by atoms with Gasteiger partial charge < -0.3 is 14.0 Å². The van der Waals surface area contributed by atoms with Crippen LogP contribution in [0.5, 0.6) is 5.75 Å². The summed E-state index contributed by atoms with van der Waals surface area (Å²) < 4.78 is 58.4. The van der Waals surface area contributed by atoms with Crippen LogP contribution in [0, 0.1) is 0 Å². The van der Waals surface area contributed by atoms with Crippen molar-refractivity contribution in [1.29, 1.82) is 0 Å². The smallest absolute Gasteiger partial charge is 0.495 e. The van der Waals surface area contributed by atoms with Crippen LogP contribution in [-0.4, -0.2) is 25.4 Å². The van der Waals surface area contributed by atoms with Gasteiger partial charge in [0.2, 0.25) is 0 Å². The van der Waals surface area contributed by atoms with Crippen molar-refractivity contribution in [3.63, 3.8) is 0 Å². The maximum atomic E-state index is 13.8. The van der Waals surface area contributed by atoms with E-state index >= 15 is 0 Å². The highest BCUT2D eigenvalue weighted by Gasteiger charge is 2.54. The first kappa shape index (κ1) is 17.6. The Morgan fingerprint density at radius 3 is 2.04 bits per heavy atom. The van der Waals surface area contributed by atoms with Crippen LogP contribution in [0.4, 0.5) is 13.2 Å². The van der Waals surface area contributed by atoms with E-state index in [1.54, 1.807) is 0 Å². The minimum Gasteiger partial charge on any atom is -0.497 e. The highest BCUT2D eigenvalue weighted by Crippen LogP contribution is 2.47. The second-order valence-corrected chi connectivity index (χ2v) is 7.54. The van der Waals surface area contributed by atoms with Gasteiger partial charge in [-0.2, -0.15) is 13.2 Å². The Kier molecular flexibility index (Phi) is 3.96. The molecule has 2 fully saturated rings. The summed E-state index contributed by atoms with van der Waals surface area (Å²) in [5, 5.41) is 0. The Labute approximate surface area is 140 Å². The van der Waals surface area contributed by atoms with Gasteiger partial charge in [0.05, 0.1) is 23.9 Å². The first-order valence-corrected chi connectivity index (χ1v) is 8.11. The number of halogens is 3. The zero-order chi connectivity index (χ0) is 17.9. The molecule has 1 heterocycles. The zero-order valence-electron chi connectivity index (χ0n) is 14.6. The number of rotatable bonds is 3. The fourth-order valence-electron chi connectivity index (χ4n) is 2.98. The van der Waals surface area contributed by atoms with Crippen molar-refractivity contribution in [2.75, 3.05) is 7.11 Å². The number of hydrogen-bond donors (Lipinski definition) is 0. The van der Waals surface area contributed by atoms with Crippen LogP contribution in [0.1, 0.15) is 57.6 Å². The van der Waals surface area contributed by atoms with Gasteiger partial charge in [-0.15, -0.1) is 0 Å². The Morgan fingerprint density at radius 1 is 1.08 bits per heavy atom. The van der Waals surface area contributed by atoms with Crippen molar-refractivity contribution in [3.05, 3.63) is 23.3 Å². The van der Waals surface area contributed by atoms with Crippen LogP contribution in [0.15, 0.2) is 12.1 Å². The first-order valence-electron chi connectivity index (χ1n) is 8.11. The predicted octanol–water partition coefficient (Wildman–Crippen LogP) is 3.89. The molecule has 132 valence electrons. The van der Waals surface area contributed by atoms with Gasteiger partial charge in [0.15, 0.2) is 0 Å². The Hall–Kier alpha value is -1.21. The molecule has 0 spiro atoms. The minimum absolute atomic E-state index is 0.00222. The SMILES string of the molecule is COc1cc(B2OC(C)(C)C(C)(C)O2)c(C(F)(F)F)c(C2CC2)c1. The van der Waals surface area contributed by atoms with Crippen molar-refractivity contribution in [2.45, 2.75) is 63.8 Å². The monoisotopic (exact) mass is 342 g/mol. The molecule has 0 aromatic heterocycles. The van der Waals surface area contributed by atoms with Gasteiger partial charge in [0.1, 0.15) is 5.75 Å². The molecule has 0 atom stereocenters. The third-order valence-electron chi connectivity index (χ3n) is 5.22. The number of hydrogen-bond acceptors (Lipinski definition) is 3. The number of ether oxygens (including phenoxy) is 1. The third kappa shape index (κ3) is 2.92. The molecule has 0 bridgehead atoms. The molecule has 1 saturated heterocycles. The van der Waals surface area contributed by atoms with Gasteiger partial charge >= 0.3 is 13.3 Å². The van der Waals surface area contributed by atoms with E-state index in [1.165, 1.54) is 19.2 Å². The van der Waals surface area contributed by atoms with Gasteiger partial charge in [-0.25, -0.2) is 0 Å². The lowest BCUT2D eigenvalue weighted by Crippen LogP contribution is -2.41. The predicted molar refractivity (Wildman–Crippen MR) is 85.7 cm³/mol. The fraction of sp³-hybridized carbons (Fsp3) is 0.647. The van der Waals surface area contributed by atoms with E-state index in [0.717, 1.165) is 12.8 Å². The molecular weight excluding hydrogens is 320 g/mol. The van der Waals surface area contributed by atoms with Gasteiger partial charge in [0, 0.05) is 0 Å². The Balaban J connectivity index is 2.15. The summed E-state index contributed by atoms with van der Waals surface area (Å²) in [4.78, 5) is 0. The van der Waals surface area contributed by atoms with Crippen LogP contribution in [-0.2, 0) is 15.5 Å². The Morgan fingerprint density at radius 2 is 1.62 bits per heavy atom. The fourth-order valence-corrected chi connectivity index (χ4v) is 2.98. The van der Waals surface area contributed by atoms with E-state index in [4.69, 9.17) is 14.0 Å². The standard InChI is InChI=1S/C17H22BF3O3/c1-15(2)16(3,4)24-18(23-15)13-9-11(22-5)8-12(10-6-7-10)14(13)17(19,20)21/h8-10H,6-7H2,1-5H3. The van der Waals surface area contributed by atoms with E-state index in [2.05, 4.69) is 0 Å². The quantitative estimate of drug-likeness (QED) is 0.780. The summed E-state index contributed by atoms with van der Waals surface area (Å²) in [6.45, 7) is 7.29. The zero-order valence-corrected chi connectivity index (χ0v) is 14.6. The molecule has 3 nitrogen and oxygen atoms in total. The lowest BCUT2D eigenvalue weighted by molar-refractivity contribution is -0.137. The van der Waals surface area contributed by atoms with E-state index < -0.39 is 30.1 Å².